The number of aromatic amines is 1. The fourth-order valence-corrected chi connectivity index (χ4v) is 2.13. The van der Waals surface area contributed by atoms with Crippen LogP contribution in [0.2, 0.25) is 0 Å². The molecule has 0 amide bonds. The molecule has 1 N–H and O–H groups in total. The third-order valence-electron chi connectivity index (χ3n) is 3.16. The maximum absolute atomic E-state index is 8.79. The second-order valence-electron chi connectivity index (χ2n) is 4.53. The zero-order valence-electron chi connectivity index (χ0n) is 11.0. The van der Waals surface area contributed by atoms with Gasteiger partial charge in [-0.1, -0.05) is 30.3 Å². The standard InChI is InChI=1S/C16H12N4/c1-11-7-15(16-8-13(9-17)19-20-16)18-10-14(11)12-5-3-2-4-6-12/h2-8,10H,1H3,(H,19,20). The Labute approximate surface area is 116 Å². The molecule has 0 aliphatic rings. The van der Waals surface area contributed by atoms with Crippen molar-refractivity contribution >= 4 is 0 Å². The Morgan fingerprint density at radius 3 is 2.60 bits per heavy atom. The van der Waals surface area contributed by atoms with Crippen LogP contribution < -0.4 is 0 Å². The van der Waals surface area contributed by atoms with Crippen LogP contribution in [-0.2, 0) is 0 Å². The van der Waals surface area contributed by atoms with Gasteiger partial charge in [0.25, 0.3) is 0 Å². The van der Waals surface area contributed by atoms with Crippen LogP contribution >= 0.6 is 0 Å². The Morgan fingerprint density at radius 1 is 1.15 bits per heavy atom. The van der Waals surface area contributed by atoms with Gasteiger partial charge in [-0.3, -0.25) is 10.1 Å². The van der Waals surface area contributed by atoms with Gasteiger partial charge < -0.3 is 0 Å². The lowest BCUT2D eigenvalue weighted by atomic mass is 10.0. The molecule has 0 saturated carbocycles. The van der Waals surface area contributed by atoms with Crippen molar-refractivity contribution in [2.75, 3.05) is 0 Å². The smallest absolute Gasteiger partial charge is 0.162 e. The lowest BCUT2D eigenvalue weighted by molar-refractivity contribution is 1.07. The first-order valence-corrected chi connectivity index (χ1v) is 6.26. The highest BCUT2D eigenvalue weighted by atomic mass is 15.1. The number of nitrogens with one attached hydrogen (secondary N) is 1. The van der Waals surface area contributed by atoms with Gasteiger partial charge >= 0.3 is 0 Å². The molecule has 0 saturated heterocycles. The average Bonchev–Trinajstić information content (AvgIpc) is 2.97. The fourth-order valence-electron chi connectivity index (χ4n) is 2.13. The van der Waals surface area contributed by atoms with Crippen molar-refractivity contribution in [3.63, 3.8) is 0 Å². The van der Waals surface area contributed by atoms with Crippen LogP contribution in [0.15, 0.2) is 48.7 Å². The molecule has 96 valence electrons. The van der Waals surface area contributed by atoms with Crippen molar-refractivity contribution in [2.24, 2.45) is 0 Å². The van der Waals surface area contributed by atoms with E-state index in [9.17, 15) is 0 Å². The normalized spacial score (nSPS) is 10.2. The van der Waals surface area contributed by atoms with Crippen molar-refractivity contribution in [1.82, 2.24) is 15.2 Å². The maximum atomic E-state index is 8.79. The van der Waals surface area contributed by atoms with E-state index in [2.05, 4.69) is 34.2 Å². The van der Waals surface area contributed by atoms with E-state index in [0.717, 1.165) is 28.1 Å². The van der Waals surface area contributed by atoms with Crippen LogP contribution in [0.5, 0.6) is 0 Å². The van der Waals surface area contributed by atoms with Gasteiger partial charge in [0.15, 0.2) is 5.69 Å². The fraction of sp³-hybridized carbons (Fsp3) is 0.0625. The highest BCUT2D eigenvalue weighted by Crippen LogP contribution is 2.25. The summed E-state index contributed by atoms with van der Waals surface area (Å²) in [6, 6.07) is 15.8. The molecule has 0 unspecified atom stereocenters. The predicted octanol–water partition coefficient (Wildman–Crippen LogP) is 3.32. The van der Waals surface area contributed by atoms with Gasteiger partial charge in [-0.25, -0.2) is 0 Å². The molecule has 0 aliphatic heterocycles. The van der Waals surface area contributed by atoms with Crippen molar-refractivity contribution in [2.45, 2.75) is 6.92 Å². The Hall–Kier alpha value is -2.93. The molecule has 0 spiro atoms. The molecular formula is C16H12N4. The molecule has 20 heavy (non-hydrogen) atoms. The summed E-state index contributed by atoms with van der Waals surface area (Å²) in [6.07, 6.45) is 1.85. The van der Waals surface area contributed by atoms with E-state index in [0.29, 0.717) is 5.69 Å². The zero-order valence-corrected chi connectivity index (χ0v) is 11.0. The summed E-state index contributed by atoms with van der Waals surface area (Å²) < 4.78 is 0. The minimum absolute atomic E-state index is 0.367. The zero-order chi connectivity index (χ0) is 13.9. The van der Waals surface area contributed by atoms with E-state index in [1.807, 2.05) is 36.5 Å². The number of hydrogen-bond acceptors (Lipinski definition) is 3. The van der Waals surface area contributed by atoms with Gasteiger partial charge in [0, 0.05) is 17.8 Å². The van der Waals surface area contributed by atoms with Crippen LogP contribution in [0, 0.1) is 18.3 Å². The number of pyridine rings is 1. The lowest BCUT2D eigenvalue weighted by Gasteiger charge is -2.07. The van der Waals surface area contributed by atoms with Crippen molar-refractivity contribution in [1.29, 1.82) is 5.26 Å². The van der Waals surface area contributed by atoms with Gasteiger partial charge in [-0.05, 0) is 24.1 Å². The topological polar surface area (TPSA) is 65.4 Å². The maximum Gasteiger partial charge on any atom is 0.162 e. The molecule has 0 atom stereocenters. The Balaban J connectivity index is 2.02. The Kier molecular flexibility index (Phi) is 3.02. The van der Waals surface area contributed by atoms with Crippen molar-refractivity contribution in [3.05, 3.63) is 59.9 Å². The molecule has 3 aromatic rings. The Morgan fingerprint density at radius 2 is 1.95 bits per heavy atom. The monoisotopic (exact) mass is 260 g/mol. The van der Waals surface area contributed by atoms with Crippen LogP contribution in [0.1, 0.15) is 11.3 Å². The first kappa shape index (κ1) is 12.1. The summed E-state index contributed by atoms with van der Waals surface area (Å²) >= 11 is 0. The minimum Gasteiger partial charge on any atom is -0.275 e. The molecule has 2 heterocycles. The number of aromatic nitrogens is 3. The SMILES string of the molecule is Cc1cc(-c2cc(C#N)n[nH]2)ncc1-c1ccccc1. The number of H-pyrrole nitrogens is 1. The second-order valence-corrected chi connectivity index (χ2v) is 4.53. The molecule has 2 aromatic heterocycles. The Bertz CT molecular complexity index is 782. The number of aryl methyl sites for hydroxylation is 1. The van der Waals surface area contributed by atoms with Crippen LogP contribution in [-0.4, -0.2) is 15.2 Å². The summed E-state index contributed by atoms with van der Waals surface area (Å²) in [7, 11) is 0. The number of benzene rings is 1. The largest absolute Gasteiger partial charge is 0.275 e. The van der Waals surface area contributed by atoms with Crippen molar-refractivity contribution in [3.8, 4) is 28.6 Å². The highest BCUT2D eigenvalue weighted by molar-refractivity contribution is 5.69. The minimum atomic E-state index is 0.367. The van der Waals surface area contributed by atoms with Crippen LogP contribution in [0.3, 0.4) is 0 Å². The summed E-state index contributed by atoms with van der Waals surface area (Å²) in [5.74, 6) is 0. The molecule has 1 aromatic carbocycles. The van der Waals surface area contributed by atoms with Gasteiger partial charge in [0.05, 0.1) is 11.4 Å². The van der Waals surface area contributed by atoms with E-state index in [-0.39, 0.29) is 0 Å². The number of nitriles is 1. The first-order chi connectivity index (χ1) is 9.78. The molecule has 0 aliphatic carbocycles. The van der Waals surface area contributed by atoms with E-state index in [4.69, 9.17) is 5.26 Å². The van der Waals surface area contributed by atoms with Gasteiger partial charge in [0.1, 0.15) is 6.07 Å². The molecule has 4 nitrogen and oxygen atoms in total. The predicted molar refractivity (Wildman–Crippen MR) is 76.7 cm³/mol. The first-order valence-electron chi connectivity index (χ1n) is 6.26. The van der Waals surface area contributed by atoms with E-state index < -0.39 is 0 Å². The third-order valence-corrected chi connectivity index (χ3v) is 3.16. The summed E-state index contributed by atoms with van der Waals surface area (Å²) in [5.41, 5.74) is 5.29. The summed E-state index contributed by atoms with van der Waals surface area (Å²) in [4.78, 5) is 4.45. The molecule has 4 heteroatoms. The lowest BCUT2D eigenvalue weighted by Crippen LogP contribution is -1.89. The van der Waals surface area contributed by atoms with Crippen LogP contribution in [0.25, 0.3) is 22.5 Å². The molecule has 0 bridgehead atoms. The van der Waals surface area contributed by atoms with Gasteiger partial charge in [0.2, 0.25) is 0 Å². The number of rotatable bonds is 2. The number of hydrogen-bond donors (Lipinski definition) is 1. The van der Waals surface area contributed by atoms with Crippen molar-refractivity contribution < 1.29 is 0 Å². The van der Waals surface area contributed by atoms with Gasteiger partial charge in [-0.2, -0.15) is 10.4 Å². The highest BCUT2D eigenvalue weighted by Gasteiger charge is 2.08. The summed E-state index contributed by atoms with van der Waals surface area (Å²) in [6.45, 7) is 2.05. The quantitative estimate of drug-likeness (QED) is 0.768. The van der Waals surface area contributed by atoms with E-state index in [1.165, 1.54) is 0 Å². The second kappa shape index (κ2) is 4.98. The van der Waals surface area contributed by atoms with E-state index >= 15 is 0 Å². The molecule has 3 rings (SSSR count). The summed E-state index contributed by atoms with van der Waals surface area (Å²) in [5, 5.41) is 15.5. The van der Waals surface area contributed by atoms with Crippen LogP contribution in [0.4, 0.5) is 0 Å². The molecular weight excluding hydrogens is 248 g/mol. The molecule has 0 radical (unpaired) electrons. The average molecular weight is 260 g/mol. The third kappa shape index (κ3) is 2.17. The van der Waals surface area contributed by atoms with Gasteiger partial charge in [-0.15, -0.1) is 0 Å². The van der Waals surface area contributed by atoms with E-state index in [1.54, 1.807) is 6.07 Å². The number of nitrogens with zero attached hydrogens (tertiary/aromatic N) is 3. The molecule has 0 fully saturated rings.